The van der Waals surface area contributed by atoms with Crippen LogP contribution < -0.4 is 0 Å². The molecule has 0 aliphatic carbocycles. The third-order valence-electron chi connectivity index (χ3n) is 3.30. The Morgan fingerprint density at radius 3 is 2.58 bits per heavy atom. The second-order valence-electron chi connectivity index (χ2n) is 4.97. The summed E-state index contributed by atoms with van der Waals surface area (Å²) in [6.45, 7) is 5.00. The van der Waals surface area contributed by atoms with E-state index in [2.05, 4.69) is 77.5 Å². The quantitative estimate of drug-likeness (QED) is 0.682. The molecule has 19 heavy (non-hydrogen) atoms. The van der Waals surface area contributed by atoms with Gasteiger partial charge in [0.25, 0.3) is 0 Å². The van der Waals surface area contributed by atoms with Crippen molar-refractivity contribution >= 4 is 26.8 Å². The number of fused-ring (bicyclic) bond motifs is 1. The molecule has 0 radical (unpaired) electrons. The maximum Gasteiger partial charge on any atom is 0.0926 e. The lowest BCUT2D eigenvalue weighted by atomic mass is 10.1. The first kappa shape index (κ1) is 12.4. The highest BCUT2D eigenvalue weighted by Crippen LogP contribution is 2.23. The molecule has 3 heteroatoms. The standard InChI is InChI=1S/C16H15BrN2/c1-11-3-5-13(6-4-11)9-19-10-14-8-15(17)12(2)7-16(14)18-19/h3-8,10H,9H2,1-2H3. The van der Waals surface area contributed by atoms with E-state index >= 15 is 0 Å². The molecule has 2 nitrogen and oxygen atoms in total. The monoisotopic (exact) mass is 314 g/mol. The maximum atomic E-state index is 4.63. The Labute approximate surface area is 121 Å². The molecule has 3 aromatic rings. The van der Waals surface area contributed by atoms with Gasteiger partial charge in [0, 0.05) is 16.1 Å². The molecule has 3 rings (SSSR count). The normalized spacial score (nSPS) is 11.1. The van der Waals surface area contributed by atoms with Gasteiger partial charge in [0.05, 0.1) is 12.1 Å². The van der Waals surface area contributed by atoms with E-state index in [0.717, 1.165) is 16.5 Å². The molecule has 0 aliphatic heterocycles. The summed E-state index contributed by atoms with van der Waals surface area (Å²) in [5, 5.41) is 5.80. The van der Waals surface area contributed by atoms with E-state index in [1.807, 2.05) is 4.68 Å². The van der Waals surface area contributed by atoms with E-state index in [0.29, 0.717) is 0 Å². The summed E-state index contributed by atoms with van der Waals surface area (Å²) in [6.07, 6.45) is 2.10. The predicted octanol–water partition coefficient (Wildman–Crippen LogP) is 4.46. The van der Waals surface area contributed by atoms with Crippen LogP contribution in [-0.2, 0) is 6.54 Å². The summed E-state index contributed by atoms with van der Waals surface area (Å²) in [5.41, 5.74) is 4.82. The predicted molar refractivity (Wildman–Crippen MR) is 82.5 cm³/mol. The van der Waals surface area contributed by atoms with Crippen molar-refractivity contribution in [1.29, 1.82) is 0 Å². The Hall–Kier alpha value is -1.61. The molecule has 0 atom stereocenters. The molecule has 0 spiro atoms. The number of hydrogen-bond acceptors (Lipinski definition) is 1. The molecular formula is C16H15BrN2. The van der Waals surface area contributed by atoms with Gasteiger partial charge >= 0.3 is 0 Å². The molecule has 0 bridgehead atoms. The smallest absolute Gasteiger partial charge is 0.0926 e. The molecule has 0 N–H and O–H groups in total. The summed E-state index contributed by atoms with van der Waals surface area (Å²) in [4.78, 5) is 0. The van der Waals surface area contributed by atoms with E-state index in [1.165, 1.54) is 22.1 Å². The zero-order valence-electron chi connectivity index (χ0n) is 11.0. The van der Waals surface area contributed by atoms with Crippen LogP contribution in [0.1, 0.15) is 16.7 Å². The van der Waals surface area contributed by atoms with Gasteiger partial charge in [-0.05, 0) is 37.1 Å². The first-order valence-electron chi connectivity index (χ1n) is 6.31. The highest BCUT2D eigenvalue weighted by atomic mass is 79.9. The van der Waals surface area contributed by atoms with Crippen LogP contribution in [-0.4, -0.2) is 9.78 Å². The van der Waals surface area contributed by atoms with Crippen LogP contribution in [0, 0.1) is 13.8 Å². The number of aromatic nitrogens is 2. The number of nitrogens with zero attached hydrogens (tertiary/aromatic N) is 2. The summed E-state index contributed by atoms with van der Waals surface area (Å²) in [7, 11) is 0. The molecule has 0 saturated carbocycles. The average Bonchev–Trinajstić information content (AvgIpc) is 2.74. The molecule has 0 amide bonds. The molecule has 0 saturated heterocycles. The molecule has 1 aromatic heterocycles. The summed E-state index contributed by atoms with van der Waals surface area (Å²) in [5.74, 6) is 0. The van der Waals surface area contributed by atoms with Crippen LogP contribution in [0.4, 0.5) is 0 Å². The SMILES string of the molecule is Cc1ccc(Cn2cc3cc(Br)c(C)cc3n2)cc1. The fourth-order valence-corrected chi connectivity index (χ4v) is 2.52. The van der Waals surface area contributed by atoms with E-state index in [9.17, 15) is 0 Å². The van der Waals surface area contributed by atoms with E-state index in [1.54, 1.807) is 0 Å². The van der Waals surface area contributed by atoms with Gasteiger partial charge < -0.3 is 0 Å². The van der Waals surface area contributed by atoms with Crippen LogP contribution in [0.3, 0.4) is 0 Å². The summed E-state index contributed by atoms with van der Waals surface area (Å²) >= 11 is 3.56. The van der Waals surface area contributed by atoms with Crippen LogP contribution in [0.2, 0.25) is 0 Å². The maximum absolute atomic E-state index is 4.63. The van der Waals surface area contributed by atoms with Crippen molar-refractivity contribution in [2.75, 3.05) is 0 Å². The van der Waals surface area contributed by atoms with Crippen LogP contribution in [0.25, 0.3) is 10.9 Å². The second kappa shape index (κ2) is 4.82. The number of halogens is 1. The molecule has 2 aromatic carbocycles. The van der Waals surface area contributed by atoms with Gasteiger partial charge in [0.2, 0.25) is 0 Å². The Kier molecular flexibility index (Phi) is 3.15. The number of rotatable bonds is 2. The summed E-state index contributed by atoms with van der Waals surface area (Å²) in [6, 6.07) is 12.8. The lowest BCUT2D eigenvalue weighted by molar-refractivity contribution is 0.695. The zero-order valence-corrected chi connectivity index (χ0v) is 12.6. The highest BCUT2D eigenvalue weighted by Gasteiger charge is 2.04. The van der Waals surface area contributed by atoms with Crippen molar-refractivity contribution in [3.05, 3.63) is 63.8 Å². The minimum atomic E-state index is 0.811. The molecule has 96 valence electrons. The van der Waals surface area contributed by atoms with Crippen molar-refractivity contribution in [1.82, 2.24) is 9.78 Å². The molecule has 1 heterocycles. The van der Waals surface area contributed by atoms with Crippen molar-refractivity contribution in [3.8, 4) is 0 Å². The highest BCUT2D eigenvalue weighted by molar-refractivity contribution is 9.10. The molecule has 0 unspecified atom stereocenters. The minimum Gasteiger partial charge on any atom is -0.267 e. The van der Waals surface area contributed by atoms with Gasteiger partial charge in [-0.3, -0.25) is 4.68 Å². The fourth-order valence-electron chi connectivity index (χ4n) is 2.16. The zero-order chi connectivity index (χ0) is 13.4. The number of aryl methyl sites for hydroxylation is 2. The molecule has 0 aliphatic rings. The number of benzene rings is 2. The first-order chi connectivity index (χ1) is 9.11. The van der Waals surface area contributed by atoms with Gasteiger partial charge in [-0.25, -0.2) is 0 Å². The topological polar surface area (TPSA) is 17.8 Å². The van der Waals surface area contributed by atoms with Crippen LogP contribution in [0.15, 0.2) is 47.1 Å². The van der Waals surface area contributed by atoms with Crippen molar-refractivity contribution in [2.24, 2.45) is 0 Å². The fraction of sp³-hybridized carbons (Fsp3) is 0.188. The molecule has 0 fully saturated rings. The van der Waals surface area contributed by atoms with Crippen molar-refractivity contribution in [3.63, 3.8) is 0 Å². The largest absolute Gasteiger partial charge is 0.267 e. The second-order valence-corrected chi connectivity index (χ2v) is 5.83. The third-order valence-corrected chi connectivity index (χ3v) is 4.15. The summed E-state index contributed by atoms with van der Waals surface area (Å²) < 4.78 is 3.14. The Morgan fingerprint density at radius 1 is 1.11 bits per heavy atom. The minimum absolute atomic E-state index is 0.811. The Bertz CT molecular complexity index is 687. The lowest BCUT2D eigenvalue weighted by Gasteiger charge is -2.01. The van der Waals surface area contributed by atoms with Gasteiger partial charge in [-0.1, -0.05) is 45.8 Å². The van der Waals surface area contributed by atoms with Crippen LogP contribution >= 0.6 is 15.9 Å². The first-order valence-corrected chi connectivity index (χ1v) is 7.10. The van der Waals surface area contributed by atoms with E-state index in [4.69, 9.17) is 0 Å². The van der Waals surface area contributed by atoms with E-state index < -0.39 is 0 Å². The van der Waals surface area contributed by atoms with E-state index in [-0.39, 0.29) is 0 Å². The Balaban J connectivity index is 1.95. The van der Waals surface area contributed by atoms with Crippen molar-refractivity contribution in [2.45, 2.75) is 20.4 Å². The lowest BCUT2D eigenvalue weighted by Crippen LogP contribution is -1.99. The van der Waals surface area contributed by atoms with Gasteiger partial charge in [-0.15, -0.1) is 0 Å². The van der Waals surface area contributed by atoms with Gasteiger partial charge in [0.15, 0.2) is 0 Å². The third kappa shape index (κ3) is 2.56. The van der Waals surface area contributed by atoms with Crippen molar-refractivity contribution < 1.29 is 0 Å². The van der Waals surface area contributed by atoms with Gasteiger partial charge in [0.1, 0.15) is 0 Å². The Morgan fingerprint density at radius 2 is 1.84 bits per heavy atom. The number of hydrogen-bond donors (Lipinski definition) is 0. The average molecular weight is 315 g/mol. The van der Waals surface area contributed by atoms with Gasteiger partial charge in [-0.2, -0.15) is 5.10 Å². The molecular weight excluding hydrogens is 300 g/mol. The van der Waals surface area contributed by atoms with Crippen LogP contribution in [0.5, 0.6) is 0 Å².